The number of para-hydroxylation sites is 1. The Hall–Kier alpha value is -2.96. The minimum absolute atomic E-state index is 0.0576. The summed E-state index contributed by atoms with van der Waals surface area (Å²) in [6.45, 7) is 0.0826. The number of benzene rings is 1. The van der Waals surface area contributed by atoms with Gasteiger partial charge in [0.2, 0.25) is 5.91 Å². The van der Waals surface area contributed by atoms with Crippen molar-refractivity contribution < 1.29 is 14.4 Å². The number of amides is 4. The maximum atomic E-state index is 12.7. The van der Waals surface area contributed by atoms with Crippen molar-refractivity contribution in [3.63, 3.8) is 0 Å². The second kappa shape index (κ2) is 6.98. The summed E-state index contributed by atoms with van der Waals surface area (Å²) in [4.78, 5) is 42.7. The highest BCUT2D eigenvalue weighted by molar-refractivity contribution is 6.07. The fourth-order valence-corrected chi connectivity index (χ4v) is 3.95. The number of carbonyl (C=O) groups excluding carboxylic acids is 3. The van der Waals surface area contributed by atoms with Crippen LogP contribution in [0.3, 0.4) is 0 Å². The van der Waals surface area contributed by atoms with E-state index in [0.29, 0.717) is 18.5 Å². The van der Waals surface area contributed by atoms with E-state index < -0.39 is 5.54 Å². The van der Waals surface area contributed by atoms with Crippen LogP contribution in [-0.4, -0.2) is 39.8 Å². The molecular formula is C20H22N4O3. The average Bonchev–Trinajstić information content (AvgIpc) is 2.90. The Morgan fingerprint density at radius 1 is 1.19 bits per heavy atom. The fourth-order valence-electron chi connectivity index (χ4n) is 3.95. The molecule has 2 heterocycles. The molecule has 4 amide bonds. The zero-order valence-corrected chi connectivity index (χ0v) is 15.0. The summed E-state index contributed by atoms with van der Waals surface area (Å²) < 4.78 is 0. The summed E-state index contributed by atoms with van der Waals surface area (Å²) >= 11 is 0. The predicted molar refractivity (Wildman–Crippen MR) is 101 cm³/mol. The van der Waals surface area contributed by atoms with E-state index in [1.807, 2.05) is 30.3 Å². The third-order valence-electron chi connectivity index (χ3n) is 5.39. The van der Waals surface area contributed by atoms with Crippen molar-refractivity contribution in [2.75, 3.05) is 11.9 Å². The van der Waals surface area contributed by atoms with Crippen LogP contribution in [0.15, 0.2) is 36.5 Å². The standard InChI is InChI=1S/C20H22N4O3/c25-17(22-15-12-14-6-2-3-7-16(14)21-13-15)8-11-24-18(26)20(23-19(24)27)9-4-1-5-10-20/h2-3,6-7,12-13H,1,4-5,8-11H2,(H,22,25)(H,23,27). The molecule has 2 aromatic rings. The van der Waals surface area contributed by atoms with Gasteiger partial charge >= 0.3 is 6.03 Å². The van der Waals surface area contributed by atoms with Crippen molar-refractivity contribution in [3.05, 3.63) is 36.5 Å². The molecular weight excluding hydrogens is 344 g/mol. The van der Waals surface area contributed by atoms with Crippen LogP contribution in [-0.2, 0) is 9.59 Å². The van der Waals surface area contributed by atoms with Crippen molar-refractivity contribution in [1.82, 2.24) is 15.2 Å². The number of urea groups is 1. The first-order valence-corrected chi connectivity index (χ1v) is 9.36. The van der Waals surface area contributed by atoms with E-state index in [4.69, 9.17) is 0 Å². The molecule has 1 aliphatic carbocycles. The van der Waals surface area contributed by atoms with Crippen LogP contribution in [0.5, 0.6) is 0 Å². The lowest BCUT2D eigenvalue weighted by Gasteiger charge is -2.30. The predicted octanol–water partition coefficient (Wildman–Crippen LogP) is 2.82. The summed E-state index contributed by atoms with van der Waals surface area (Å²) in [5, 5.41) is 6.58. The van der Waals surface area contributed by atoms with E-state index in [9.17, 15) is 14.4 Å². The van der Waals surface area contributed by atoms with E-state index in [-0.39, 0.29) is 30.8 Å². The zero-order valence-electron chi connectivity index (χ0n) is 15.0. The number of rotatable bonds is 4. The van der Waals surface area contributed by atoms with Crippen LogP contribution in [0.2, 0.25) is 0 Å². The van der Waals surface area contributed by atoms with E-state index in [1.165, 1.54) is 4.90 Å². The highest BCUT2D eigenvalue weighted by atomic mass is 16.2. The topological polar surface area (TPSA) is 91.4 Å². The van der Waals surface area contributed by atoms with Gasteiger partial charge in [-0.3, -0.25) is 19.5 Å². The van der Waals surface area contributed by atoms with Crippen LogP contribution in [0.1, 0.15) is 38.5 Å². The minimum atomic E-state index is -0.742. The first kappa shape index (κ1) is 17.5. The molecule has 0 radical (unpaired) electrons. The Bertz CT molecular complexity index is 905. The number of nitrogens with one attached hydrogen (secondary N) is 2. The molecule has 2 N–H and O–H groups in total. The molecule has 1 spiro atoms. The van der Waals surface area contributed by atoms with Crippen LogP contribution in [0.25, 0.3) is 10.9 Å². The molecule has 1 saturated heterocycles. The van der Waals surface area contributed by atoms with Crippen LogP contribution in [0, 0.1) is 0 Å². The lowest BCUT2D eigenvalue weighted by Crippen LogP contribution is -2.48. The van der Waals surface area contributed by atoms with E-state index in [2.05, 4.69) is 15.6 Å². The van der Waals surface area contributed by atoms with Crippen molar-refractivity contribution in [1.29, 1.82) is 0 Å². The number of hydrogen-bond donors (Lipinski definition) is 2. The van der Waals surface area contributed by atoms with Gasteiger partial charge in [0.05, 0.1) is 17.4 Å². The van der Waals surface area contributed by atoms with E-state index >= 15 is 0 Å². The second-order valence-electron chi connectivity index (χ2n) is 7.24. The maximum Gasteiger partial charge on any atom is 0.325 e. The Morgan fingerprint density at radius 2 is 1.96 bits per heavy atom. The van der Waals surface area contributed by atoms with E-state index in [1.54, 1.807) is 6.20 Å². The molecule has 7 nitrogen and oxygen atoms in total. The molecule has 0 unspecified atom stereocenters. The molecule has 1 aliphatic heterocycles. The Kier molecular flexibility index (Phi) is 4.51. The highest BCUT2D eigenvalue weighted by Crippen LogP contribution is 2.33. The summed E-state index contributed by atoms with van der Waals surface area (Å²) in [5.41, 5.74) is 0.709. The van der Waals surface area contributed by atoms with Gasteiger partial charge in [0.15, 0.2) is 0 Å². The van der Waals surface area contributed by atoms with E-state index in [0.717, 1.165) is 30.2 Å². The minimum Gasteiger partial charge on any atom is -0.325 e. The Morgan fingerprint density at radius 3 is 2.78 bits per heavy atom. The van der Waals surface area contributed by atoms with Gasteiger partial charge in [0.1, 0.15) is 5.54 Å². The molecule has 1 aromatic heterocycles. The smallest absolute Gasteiger partial charge is 0.325 e. The van der Waals surface area contributed by atoms with Gasteiger partial charge in [0, 0.05) is 18.4 Å². The molecule has 0 atom stereocenters. The summed E-state index contributed by atoms with van der Waals surface area (Å²) in [5.74, 6) is -0.440. The zero-order chi connectivity index (χ0) is 18.9. The largest absolute Gasteiger partial charge is 0.325 e. The van der Waals surface area contributed by atoms with Crippen molar-refractivity contribution in [3.8, 4) is 0 Å². The summed E-state index contributed by atoms with van der Waals surface area (Å²) in [6, 6.07) is 9.11. The second-order valence-corrected chi connectivity index (χ2v) is 7.24. The molecule has 2 fully saturated rings. The molecule has 140 valence electrons. The molecule has 2 aliphatic rings. The molecule has 1 saturated carbocycles. The number of aromatic nitrogens is 1. The van der Waals surface area contributed by atoms with Gasteiger partial charge < -0.3 is 10.6 Å². The SMILES string of the molecule is O=C(CCN1C(=O)NC2(CCCCC2)C1=O)Nc1cnc2ccccc2c1. The molecule has 4 rings (SSSR count). The third kappa shape index (κ3) is 3.37. The van der Waals surface area contributed by atoms with Crippen LogP contribution in [0.4, 0.5) is 10.5 Å². The van der Waals surface area contributed by atoms with Gasteiger partial charge in [0.25, 0.3) is 5.91 Å². The van der Waals surface area contributed by atoms with Crippen LogP contribution < -0.4 is 10.6 Å². The van der Waals surface area contributed by atoms with Crippen LogP contribution >= 0.6 is 0 Å². The lowest BCUT2D eigenvalue weighted by molar-refractivity contribution is -0.132. The monoisotopic (exact) mass is 366 g/mol. The number of pyridine rings is 1. The van der Waals surface area contributed by atoms with Gasteiger partial charge in [-0.05, 0) is 25.0 Å². The fraction of sp³-hybridized carbons (Fsp3) is 0.400. The number of fused-ring (bicyclic) bond motifs is 1. The maximum absolute atomic E-state index is 12.7. The van der Waals surface area contributed by atoms with Crippen molar-refractivity contribution >= 4 is 34.4 Å². The summed E-state index contributed by atoms with van der Waals surface area (Å²) in [7, 11) is 0. The van der Waals surface area contributed by atoms with Crippen molar-refractivity contribution in [2.45, 2.75) is 44.1 Å². The lowest BCUT2D eigenvalue weighted by atomic mass is 9.82. The molecule has 1 aromatic carbocycles. The van der Waals surface area contributed by atoms with Crippen molar-refractivity contribution in [2.24, 2.45) is 0 Å². The number of anilines is 1. The van der Waals surface area contributed by atoms with Gasteiger partial charge in [-0.1, -0.05) is 37.5 Å². The number of hydrogen-bond acceptors (Lipinski definition) is 4. The molecule has 0 bridgehead atoms. The number of imide groups is 1. The Balaban J connectivity index is 1.37. The summed E-state index contributed by atoms with van der Waals surface area (Å²) in [6.07, 6.45) is 6.00. The van der Waals surface area contributed by atoms with Gasteiger partial charge in [-0.25, -0.2) is 4.79 Å². The molecule has 7 heteroatoms. The number of carbonyl (C=O) groups is 3. The normalized spacial score (nSPS) is 18.7. The first-order valence-electron chi connectivity index (χ1n) is 9.36. The third-order valence-corrected chi connectivity index (χ3v) is 5.39. The highest BCUT2D eigenvalue weighted by Gasteiger charge is 2.50. The molecule has 27 heavy (non-hydrogen) atoms. The number of nitrogens with zero attached hydrogens (tertiary/aromatic N) is 2. The van der Waals surface area contributed by atoms with Gasteiger partial charge in [-0.2, -0.15) is 0 Å². The quantitative estimate of drug-likeness (QED) is 0.814. The first-order chi connectivity index (χ1) is 13.1. The van der Waals surface area contributed by atoms with Gasteiger partial charge in [-0.15, -0.1) is 0 Å². The Labute approximate surface area is 157 Å². The average molecular weight is 366 g/mol.